The third-order valence-electron chi connectivity index (χ3n) is 5.37. The number of carbonyl (C=O) groups excluding carboxylic acids is 3. The van der Waals surface area contributed by atoms with Crippen molar-refractivity contribution in [1.82, 2.24) is 5.32 Å². The molecule has 226 valence electrons. The van der Waals surface area contributed by atoms with Crippen molar-refractivity contribution in [2.24, 2.45) is 17.8 Å². The number of hydrogen-bond donors (Lipinski definition) is 2. The van der Waals surface area contributed by atoms with Gasteiger partial charge in [-0.25, -0.2) is 14.4 Å². The highest BCUT2D eigenvalue weighted by atomic mass is 16.7. The Morgan fingerprint density at radius 2 is 1.32 bits per heavy atom. The highest BCUT2D eigenvalue weighted by molar-refractivity contribution is 5.74. The molecule has 0 saturated heterocycles. The predicted molar refractivity (Wildman–Crippen MR) is 145 cm³/mol. The number of carboxylic acid groups (broad SMARTS) is 1. The van der Waals surface area contributed by atoms with Crippen LogP contribution in [0.5, 0.6) is 11.5 Å². The number of rotatable bonds is 15. The molecular weight excluding hydrogens is 526 g/mol. The summed E-state index contributed by atoms with van der Waals surface area (Å²) in [5, 5.41) is 12.6. The van der Waals surface area contributed by atoms with E-state index in [1.165, 1.54) is 18.2 Å². The first kappa shape index (κ1) is 34.5. The van der Waals surface area contributed by atoms with Gasteiger partial charge >= 0.3 is 24.4 Å². The molecule has 0 bridgehead atoms. The molecule has 0 aliphatic heterocycles. The molecule has 0 spiro atoms. The number of nitrogens with one attached hydrogen (secondary N) is 1. The van der Waals surface area contributed by atoms with Gasteiger partial charge in [-0.3, -0.25) is 4.79 Å². The van der Waals surface area contributed by atoms with Crippen molar-refractivity contribution in [3.63, 3.8) is 0 Å². The number of carboxylic acids is 1. The van der Waals surface area contributed by atoms with Crippen LogP contribution in [0.2, 0.25) is 0 Å². The smallest absolute Gasteiger partial charge is 0.480 e. The van der Waals surface area contributed by atoms with Crippen LogP contribution in [0.3, 0.4) is 0 Å². The van der Waals surface area contributed by atoms with Gasteiger partial charge in [-0.15, -0.1) is 0 Å². The fraction of sp³-hybridized carbons (Fsp3) is 0.643. The number of aliphatic carboxylic acids is 1. The zero-order chi connectivity index (χ0) is 30.4. The van der Waals surface area contributed by atoms with Gasteiger partial charge in [0.25, 0.3) is 0 Å². The number of benzene rings is 1. The molecule has 0 saturated carbocycles. The van der Waals surface area contributed by atoms with Crippen molar-refractivity contribution in [3.05, 3.63) is 23.8 Å². The van der Waals surface area contributed by atoms with Crippen LogP contribution in [0.1, 0.15) is 61.0 Å². The second kappa shape index (κ2) is 17.2. The summed E-state index contributed by atoms with van der Waals surface area (Å²) >= 11 is 0. The molecule has 0 heterocycles. The monoisotopic (exact) mass is 569 g/mol. The Morgan fingerprint density at radius 3 is 1.82 bits per heavy atom. The Bertz CT molecular complexity index is 977. The summed E-state index contributed by atoms with van der Waals surface area (Å²) in [6.45, 7) is 14.9. The van der Waals surface area contributed by atoms with Crippen LogP contribution in [0, 0.1) is 17.8 Å². The van der Waals surface area contributed by atoms with Crippen molar-refractivity contribution >= 4 is 24.4 Å². The molecule has 2 N–H and O–H groups in total. The third kappa shape index (κ3) is 14.0. The molecule has 2 unspecified atom stereocenters. The lowest BCUT2D eigenvalue weighted by molar-refractivity contribution is -0.139. The molecule has 12 heteroatoms. The molecule has 0 radical (unpaired) electrons. The third-order valence-corrected chi connectivity index (χ3v) is 5.37. The van der Waals surface area contributed by atoms with E-state index in [-0.39, 0.29) is 61.5 Å². The van der Waals surface area contributed by atoms with Gasteiger partial charge in [-0.2, -0.15) is 0 Å². The zero-order valence-corrected chi connectivity index (χ0v) is 24.6. The Labute approximate surface area is 235 Å². The van der Waals surface area contributed by atoms with Crippen molar-refractivity contribution < 1.29 is 52.7 Å². The van der Waals surface area contributed by atoms with Crippen molar-refractivity contribution in [1.29, 1.82) is 0 Å². The summed E-state index contributed by atoms with van der Waals surface area (Å²) in [6, 6.07) is 3.19. The van der Waals surface area contributed by atoms with Gasteiger partial charge in [-0.1, -0.05) is 47.6 Å². The minimum atomic E-state index is -1.15. The zero-order valence-electron chi connectivity index (χ0n) is 24.6. The van der Waals surface area contributed by atoms with Crippen LogP contribution >= 0.6 is 0 Å². The van der Waals surface area contributed by atoms with Crippen LogP contribution in [0.15, 0.2) is 18.2 Å². The maximum atomic E-state index is 12.2. The van der Waals surface area contributed by atoms with Gasteiger partial charge in [-0.05, 0) is 55.7 Å². The largest absolute Gasteiger partial charge is 0.513 e. The highest BCUT2D eigenvalue weighted by Crippen LogP contribution is 2.30. The Morgan fingerprint density at radius 1 is 0.775 bits per heavy atom. The van der Waals surface area contributed by atoms with Gasteiger partial charge in [0.05, 0.1) is 13.2 Å². The van der Waals surface area contributed by atoms with Gasteiger partial charge < -0.3 is 38.8 Å². The van der Waals surface area contributed by atoms with E-state index < -0.39 is 36.6 Å². The second-order valence-electron chi connectivity index (χ2n) is 10.6. The van der Waals surface area contributed by atoms with Crippen molar-refractivity contribution in [3.8, 4) is 11.5 Å². The normalized spacial score (nSPS) is 13.4. The maximum Gasteiger partial charge on any atom is 0.513 e. The number of ether oxygens (including phenoxy) is 6. The van der Waals surface area contributed by atoms with E-state index in [0.717, 1.165) is 0 Å². The van der Waals surface area contributed by atoms with Crippen LogP contribution in [-0.4, -0.2) is 67.6 Å². The van der Waals surface area contributed by atoms with Crippen LogP contribution in [-0.2, 0) is 30.2 Å². The SMILES string of the molecule is CC(C)COC(=O)Oc1ccc(C[C@H](NCC(C)OC(=O)OC(C)C(C)C)C(=O)O)cc1OC(=O)OCC(C)C. The summed E-state index contributed by atoms with van der Waals surface area (Å²) in [5.41, 5.74) is 0.452. The molecule has 12 nitrogen and oxygen atoms in total. The highest BCUT2D eigenvalue weighted by Gasteiger charge is 2.23. The van der Waals surface area contributed by atoms with E-state index in [2.05, 4.69) is 5.32 Å². The van der Waals surface area contributed by atoms with Gasteiger partial charge in [0.2, 0.25) is 0 Å². The van der Waals surface area contributed by atoms with E-state index in [0.29, 0.717) is 5.56 Å². The van der Waals surface area contributed by atoms with Crippen molar-refractivity contribution in [2.45, 2.75) is 80.1 Å². The number of hydrogen-bond acceptors (Lipinski definition) is 11. The van der Waals surface area contributed by atoms with Gasteiger partial charge in [0.1, 0.15) is 18.2 Å². The van der Waals surface area contributed by atoms with E-state index in [9.17, 15) is 24.3 Å². The minimum Gasteiger partial charge on any atom is -0.480 e. The molecule has 1 rings (SSSR count). The average Bonchev–Trinajstić information content (AvgIpc) is 2.85. The molecule has 1 aromatic carbocycles. The lowest BCUT2D eigenvalue weighted by Gasteiger charge is -2.21. The molecule has 0 aliphatic carbocycles. The lowest BCUT2D eigenvalue weighted by atomic mass is 10.0. The topological polar surface area (TPSA) is 156 Å². The van der Waals surface area contributed by atoms with E-state index in [4.69, 9.17) is 28.4 Å². The standard InChI is InChI=1S/C28H43NO11/c1-16(2)14-35-26(32)39-23-10-9-21(12-24(23)40-27(33)36-15-17(3)4)11-22(25(30)31)29-13-19(7)37-28(34)38-20(8)18(5)6/h9-10,12,16-20,22,29H,11,13-15H2,1-8H3,(H,30,31)/t19?,20?,22-/m0/s1. The first-order chi connectivity index (χ1) is 18.7. The van der Waals surface area contributed by atoms with Gasteiger partial charge in [0, 0.05) is 6.54 Å². The molecule has 3 atom stereocenters. The summed E-state index contributed by atoms with van der Waals surface area (Å²) in [5.74, 6) is -1.13. The summed E-state index contributed by atoms with van der Waals surface area (Å²) in [4.78, 5) is 48.2. The Balaban J connectivity index is 2.95. The summed E-state index contributed by atoms with van der Waals surface area (Å²) in [7, 11) is 0. The molecule has 0 fully saturated rings. The van der Waals surface area contributed by atoms with Crippen LogP contribution in [0.25, 0.3) is 0 Å². The Hall–Kier alpha value is -3.54. The first-order valence-electron chi connectivity index (χ1n) is 13.3. The fourth-order valence-corrected chi connectivity index (χ4v) is 2.86. The molecule has 1 aromatic rings. The second-order valence-corrected chi connectivity index (χ2v) is 10.6. The summed E-state index contributed by atoms with van der Waals surface area (Å²) < 4.78 is 30.9. The Kier molecular flexibility index (Phi) is 14.8. The van der Waals surface area contributed by atoms with E-state index in [1.807, 2.05) is 41.5 Å². The first-order valence-corrected chi connectivity index (χ1v) is 13.3. The predicted octanol–water partition coefficient (Wildman–Crippen LogP) is 5.20. The van der Waals surface area contributed by atoms with E-state index in [1.54, 1.807) is 13.8 Å². The lowest BCUT2D eigenvalue weighted by Crippen LogP contribution is -2.43. The van der Waals surface area contributed by atoms with E-state index >= 15 is 0 Å². The van der Waals surface area contributed by atoms with Crippen LogP contribution in [0.4, 0.5) is 14.4 Å². The van der Waals surface area contributed by atoms with Gasteiger partial charge in [0.15, 0.2) is 11.5 Å². The van der Waals surface area contributed by atoms with Crippen LogP contribution < -0.4 is 14.8 Å². The summed E-state index contributed by atoms with van der Waals surface area (Å²) in [6.07, 6.45) is -3.87. The fourth-order valence-electron chi connectivity index (χ4n) is 2.86. The van der Waals surface area contributed by atoms with Crippen molar-refractivity contribution in [2.75, 3.05) is 19.8 Å². The number of carbonyl (C=O) groups is 4. The average molecular weight is 570 g/mol. The molecule has 0 amide bonds. The molecule has 0 aliphatic rings. The molecule has 40 heavy (non-hydrogen) atoms. The minimum absolute atomic E-state index is 0.0354. The molecular formula is C28H43NO11. The quantitative estimate of drug-likeness (QED) is 0.162. The molecule has 0 aromatic heterocycles. The maximum absolute atomic E-state index is 12.2.